The van der Waals surface area contributed by atoms with Gasteiger partial charge in [0.1, 0.15) is 22.3 Å². The van der Waals surface area contributed by atoms with Gasteiger partial charge in [-0.25, -0.2) is 0 Å². The van der Waals surface area contributed by atoms with Crippen molar-refractivity contribution in [1.29, 1.82) is 0 Å². The summed E-state index contributed by atoms with van der Waals surface area (Å²) in [6, 6.07) is 51.9. The molecule has 204 valence electrons. The molecule has 0 fully saturated rings. The highest BCUT2D eigenvalue weighted by Gasteiger charge is 2.21. The smallest absolute Gasteiger partial charge is 0.136 e. The molecule has 10 rings (SSSR count). The predicted octanol–water partition coefficient (Wildman–Crippen LogP) is 12.3. The molecule has 10 aromatic rings. The van der Waals surface area contributed by atoms with Crippen LogP contribution in [-0.4, -0.2) is 0 Å². The summed E-state index contributed by atoms with van der Waals surface area (Å²) < 4.78 is 12.8. The maximum absolute atomic E-state index is 6.50. The number of rotatable bonds is 2. The highest BCUT2D eigenvalue weighted by molar-refractivity contribution is 6.26. The van der Waals surface area contributed by atoms with E-state index in [2.05, 4.69) is 133 Å². The van der Waals surface area contributed by atoms with Gasteiger partial charge in [0.15, 0.2) is 0 Å². The molecule has 44 heavy (non-hydrogen) atoms. The lowest BCUT2D eigenvalue weighted by molar-refractivity contribution is 0.669. The molecule has 0 radical (unpaired) electrons. The minimum absolute atomic E-state index is 0.903. The number of furan rings is 2. The summed E-state index contributed by atoms with van der Waals surface area (Å²) in [5.41, 5.74) is 8.41. The first-order valence-electron chi connectivity index (χ1n) is 15.0. The average molecular weight is 561 g/mol. The molecule has 0 saturated carbocycles. The Balaban J connectivity index is 1.32. The minimum atomic E-state index is 0.903. The van der Waals surface area contributed by atoms with E-state index in [0.717, 1.165) is 49.4 Å². The summed E-state index contributed by atoms with van der Waals surface area (Å²) in [5, 5.41) is 11.8. The summed E-state index contributed by atoms with van der Waals surface area (Å²) in [5.74, 6) is 0. The van der Waals surface area contributed by atoms with Gasteiger partial charge in [0, 0.05) is 21.5 Å². The predicted molar refractivity (Wildman–Crippen MR) is 184 cm³/mol. The Bertz CT molecular complexity index is 2720. The van der Waals surface area contributed by atoms with Crippen LogP contribution < -0.4 is 0 Å². The average Bonchev–Trinajstić information content (AvgIpc) is 3.63. The van der Waals surface area contributed by atoms with Crippen molar-refractivity contribution in [3.63, 3.8) is 0 Å². The number of fused-ring (bicyclic) bond motifs is 9. The lowest BCUT2D eigenvalue weighted by Gasteiger charge is -2.18. The number of para-hydroxylation sites is 1. The van der Waals surface area contributed by atoms with Crippen LogP contribution in [0, 0.1) is 0 Å². The summed E-state index contributed by atoms with van der Waals surface area (Å²) in [7, 11) is 0. The normalized spacial score (nSPS) is 12.1. The van der Waals surface area contributed by atoms with Crippen molar-refractivity contribution < 1.29 is 8.83 Å². The Kier molecular flexibility index (Phi) is 4.75. The van der Waals surface area contributed by atoms with Gasteiger partial charge in [-0.15, -0.1) is 0 Å². The van der Waals surface area contributed by atoms with Crippen molar-refractivity contribution in [2.24, 2.45) is 0 Å². The number of hydrogen-bond donors (Lipinski definition) is 0. The van der Waals surface area contributed by atoms with E-state index in [0.29, 0.717) is 0 Å². The van der Waals surface area contributed by atoms with Gasteiger partial charge >= 0.3 is 0 Å². The Labute approximate surface area is 252 Å². The fourth-order valence-electron chi connectivity index (χ4n) is 7.33. The molecule has 0 aliphatic heterocycles. The Morgan fingerprint density at radius 3 is 1.61 bits per heavy atom. The van der Waals surface area contributed by atoms with E-state index in [-0.39, 0.29) is 0 Å². The molecule has 0 aliphatic carbocycles. The molecule has 2 aromatic heterocycles. The molecule has 0 saturated heterocycles. The zero-order chi connectivity index (χ0) is 28.8. The maximum Gasteiger partial charge on any atom is 0.136 e. The highest BCUT2D eigenvalue weighted by atomic mass is 16.3. The van der Waals surface area contributed by atoms with E-state index >= 15 is 0 Å². The lowest BCUT2D eigenvalue weighted by atomic mass is 9.85. The second-order valence-corrected chi connectivity index (χ2v) is 11.6. The molecule has 2 heterocycles. The van der Waals surface area contributed by atoms with E-state index < -0.39 is 0 Å². The standard InChI is InChI=1S/C42H24O2/c1-2-11-26-23-39-35(22-25(26)10-1)42-34(17-9-19-37(42)44-39)41-32-15-5-3-13-30(32)40(31-14-4-6-16-33(31)41)27-20-21-29-28-12-7-8-18-36(28)43-38(29)24-27/h1-24H. The fraction of sp³-hybridized carbons (Fsp3) is 0. The molecule has 8 aromatic carbocycles. The van der Waals surface area contributed by atoms with Crippen LogP contribution in [0.5, 0.6) is 0 Å². The largest absolute Gasteiger partial charge is 0.456 e. The number of hydrogen-bond acceptors (Lipinski definition) is 2. The Morgan fingerprint density at radius 1 is 0.318 bits per heavy atom. The minimum Gasteiger partial charge on any atom is -0.456 e. The third-order valence-corrected chi connectivity index (χ3v) is 9.23. The molecule has 2 heteroatoms. The first kappa shape index (κ1) is 23.7. The van der Waals surface area contributed by atoms with Crippen molar-refractivity contribution in [2.75, 3.05) is 0 Å². The molecule has 0 bridgehead atoms. The lowest BCUT2D eigenvalue weighted by Crippen LogP contribution is -1.91. The van der Waals surface area contributed by atoms with Crippen LogP contribution in [0.25, 0.3) is 98.4 Å². The molecular weight excluding hydrogens is 536 g/mol. The Hall–Kier alpha value is -5.86. The van der Waals surface area contributed by atoms with Crippen molar-refractivity contribution >= 4 is 76.2 Å². The van der Waals surface area contributed by atoms with Gasteiger partial charge in [0.05, 0.1) is 0 Å². The van der Waals surface area contributed by atoms with Crippen molar-refractivity contribution in [1.82, 2.24) is 0 Å². The van der Waals surface area contributed by atoms with Gasteiger partial charge in [0.2, 0.25) is 0 Å². The van der Waals surface area contributed by atoms with Gasteiger partial charge in [-0.1, -0.05) is 109 Å². The van der Waals surface area contributed by atoms with Crippen LogP contribution >= 0.6 is 0 Å². The highest BCUT2D eigenvalue weighted by Crippen LogP contribution is 2.47. The molecule has 2 nitrogen and oxygen atoms in total. The summed E-state index contributed by atoms with van der Waals surface area (Å²) >= 11 is 0. The fourth-order valence-corrected chi connectivity index (χ4v) is 7.33. The molecule has 0 unspecified atom stereocenters. The van der Waals surface area contributed by atoms with Crippen LogP contribution in [0.4, 0.5) is 0 Å². The topological polar surface area (TPSA) is 26.3 Å². The van der Waals surface area contributed by atoms with Crippen molar-refractivity contribution in [3.05, 3.63) is 146 Å². The molecule has 0 spiro atoms. The maximum atomic E-state index is 6.50. The molecule has 0 amide bonds. The van der Waals surface area contributed by atoms with E-state index in [1.54, 1.807) is 0 Å². The zero-order valence-electron chi connectivity index (χ0n) is 23.7. The quantitative estimate of drug-likeness (QED) is 0.197. The first-order valence-corrected chi connectivity index (χ1v) is 15.0. The van der Waals surface area contributed by atoms with Gasteiger partial charge < -0.3 is 8.83 Å². The zero-order valence-corrected chi connectivity index (χ0v) is 23.7. The monoisotopic (exact) mass is 560 g/mol. The van der Waals surface area contributed by atoms with Gasteiger partial charge in [-0.05, 0) is 91.0 Å². The molecule has 0 aliphatic rings. The van der Waals surface area contributed by atoms with E-state index in [4.69, 9.17) is 8.83 Å². The summed E-state index contributed by atoms with van der Waals surface area (Å²) in [6.45, 7) is 0. The van der Waals surface area contributed by atoms with Crippen LogP contribution in [0.1, 0.15) is 0 Å². The van der Waals surface area contributed by atoms with Crippen LogP contribution in [0.2, 0.25) is 0 Å². The second kappa shape index (κ2) is 8.82. The van der Waals surface area contributed by atoms with Gasteiger partial charge in [0.25, 0.3) is 0 Å². The van der Waals surface area contributed by atoms with Gasteiger partial charge in [-0.3, -0.25) is 0 Å². The Morgan fingerprint density at radius 2 is 0.864 bits per heavy atom. The van der Waals surface area contributed by atoms with Gasteiger partial charge in [-0.2, -0.15) is 0 Å². The molecule has 0 atom stereocenters. The van der Waals surface area contributed by atoms with Crippen molar-refractivity contribution in [2.45, 2.75) is 0 Å². The van der Waals surface area contributed by atoms with Crippen LogP contribution in [0.3, 0.4) is 0 Å². The van der Waals surface area contributed by atoms with E-state index in [1.807, 2.05) is 12.1 Å². The third-order valence-electron chi connectivity index (χ3n) is 9.23. The third kappa shape index (κ3) is 3.25. The molecular formula is C42H24O2. The molecule has 0 N–H and O–H groups in total. The first-order chi connectivity index (χ1) is 21.8. The SMILES string of the molecule is c1ccc2cc3c(cc2c1)oc1cccc(-c2c4ccccc4c(-c4ccc5c(c4)oc4ccccc45)c4ccccc24)c13. The van der Waals surface area contributed by atoms with Crippen molar-refractivity contribution in [3.8, 4) is 22.3 Å². The summed E-state index contributed by atoms with van der Waals surface area (Å²) in [4.78, 5) is 0. The van der Waals surface area contributed by atoms with E-state index in [1.165, 1.54) is 49.0 Å². The van der Waals surface area contributed by atoms with Crippen LogP contribution in [-0.2, 0) is 0 Å². The summed E-state index contributed by atoms with van der Waals surface area (Å²) in [6.07, 6.45) is 0. The number of benzene rings is 8. The van der Waals surface area contributed by atoms with E-state index in [9.17, 15) is 0 Å². The van der Waals surface area contributed by atoms with Crippen LogP contribution in [0.15, 0.2) is 154 Å². The second-order valence-electron chi connectivity index (χ2n) is 11.6.